The van der Waals surface area contributed by atoms with Crippen molar-refractivity contribution < 1.29 is 9.53 Å². The average Bonchev–Trinajstić information content (AvgIpc) is 2.53. The van der Waals surface area contributed by atoms with Crippen molar-refractivity contribution in [2.24, 2.45) is 11.8 Å². The highest BCUT2D eigenvalue weighted by Gasteiger charge is 2.40. The lowest BCUT2D eigenvalue weighted by Gasteiger charge is -2.43. The van der Waals surface area contributed by atoms with Gasteiger partial charge < -0.3 is 4.74 Å². The molecular weight excluding hydrogens is 260 g/mol. The first kappa shape index (κ1) is 13.4. The Bertz CT molecular complexity index is 532. The van der Waals surface area contributed by atoms with Gasteiger partial charge >= 0.3 is 0 Å². The van der Waals surface area contributed by atoms with Crippen molar-refractivity contribution in [1.82, 2.24) is 0 Å². The van der Waals surface area contributed by atoms with Crippen LogP contribution in [0.25, 0.3) is 0 Å². The van der Waals surface area contributed by atoms with E-state index < -0.39 is 0 Å². The molecule has 4 aliphatic rings. The van der Waals surface area contributed by atoms with Gasteiger partial charge in [0.15, 0.2) is 5.78 Å². The van der Waals surface area contributed by atoms with Crippen LogP contribution in [-0.4, -0.2) is 11.9 Å². The quantitative estimate of drug-likeness (QED) is 0.710. The molecule has 0 saturated heterocycles. The van der Waals surface area contributed by atoms with Crippen molar-refractivity contribution in [2.45, 2.75) is 63.9 Å². The minimum absolute atomic E-state index is 0.0750. The number of carbonyl (C=O) groups is 1. The van der Waals surface area contributed by atoms with E-state index in [0.717, 1.165) is 18.1 Å². The van der Waals surface area contributed by atoms with Gasteiger partial charge in [-0.15, -0.1) is 0 Å². The molecule has 2 fully saturated rings. The Morgan fingerprint density at radius 3 is 2.52 bits per heavy atom. The molecule has 0 N–H and O–H groups in total. The van der Waals surface area contributed by atoms with Crippen LogP contribution in [0.1, 0.15) is 57.8 Å². The molecule has 0 amide bonds. The molecule has 2 heteroatoms. The zero-order chi connectivity index (χ0) is 14.2. The van der Waals surface area contributed by atoms with Crippen LogP contribution in [0.2, 0.25) is 0 Å². The molecule has 2 unspecified atom stereocenters. The number of fused-ring (bicyclic) bond motifs is 2. The van der Waals surface area contributed by atoms with Gasteiger partial charge in [-0.3, -0.25) is 4.79 Å². The summed E-state index contributed by atoms with van der Waals surface area (Å²) in [4.78, 5) is 11.7. The van der Waals surface area contributed by atoms with E-state index in [1.165, 1.54) is 56.9 Å². The molecule has 1 heterocycles. The van der Waals surface area contributed by atoms with E-state index in [1.54, 1.807) is 17.7 Å². The second kappa shape index (κ2) is 5.47. The third-order valence-corrected chi connectivity index (χ3v) is 5.69. The van der Waals surface area contributed by atoms with Crippen LogP contribution in [0.15, 0.2) is 35.1 Å². The largest absolute Gasteiger partial charge is 0.489 e. The Balaban J connectivity index is 1.77. The lowest BCUT2D eigenvalue weighted by Crippen LogP contribution is -2.37. The predicted molar refractivity (Wildman–Crippen MR) is 82.7 cm³/mol. The van der Waals surface area contributed by atoms with E-state index in [9.17, 15) is 4.79 Å². The zero-order valence-electron chi connectivity index (χ0n) is 12.6. The zero-order valence-corrected chi connectivity index (χ0v) is 12.6. The number of allylic oxidation sites excluding steroid dienone is 3. The number of ether oxygens (including phenoxy) is 1. The molecule has 2 saturated carbocycles. The molecule has 0 radical (unpaired) electrons. The fraction of sp³-hybridized carbons (Fsp3) is 0.632. The maximum atomic E-state index is 11.7. The van der Waals surface area contributed by atoms with Gasteiger partial charge in [0.1, 0.15) is 11.9 Å². The Morgan fingerprint density at radius 2 is 1.67 bits per heavy atom. The van der Waals surface area contributed by atoms with Gasteiger partial charge in [0.2, 0.25) is 0 Å². The Kier molecular flexibility index (Phi) is 3.48. The summed E-state index contributed by atoms with van der Waals surface area (Å²) in [5.74, 6) is 2.27. The van der Waals surface area contributed by atoms with Crippen molar-refractivity contribution >= 4 is 5.78 Å². The molecular formula is C19H24O2. The Hall–Kier alpha value is -1.31. The summed E-state index contributed by atoms with van der Waals surface area (Å²) in [6.07, 6.45) is 17.6. The van der Waals surface area contributed by atoms with E-state index in [1.807, 2.05) is 6.08 Å². The van der Waals surface area contributed by atoms with Crippen molar-refractivity contribution in [2.75, 3.05) is 0 Å². The molecule has 2 atom stereocenters. The number of rotatable bonds is 1. The van der Waals surface area contributed by atoms with Crippen molar-refractivity contribution in [1.29, 1.82) is 0 Å². The molecule has 0 bridgehead atoms. The van der Waals surface area contributed by atoms with Gasteiger partial charge in [-0.05, 0) is 55.7 Å². The highest BCUT2D eigenvalue weighted by atomic mass is 16.5. The van der Waals surface area contributed by atoms with Gasteiger partial charge in [-0.25, -0.2) is 0 Å². The van der Waals surface area contributed by atoms with E-state index in [2.05, 4.69) is 0 Å². The lowest BCUT2D eigenvalue weighted by atomic mass is 9.69. The summed E-state index contributed by atoms with van der Waals surface area (Å²) >= 11 is 0. The summed E-state index contributed by atoms with van der Waals surface area (Å²) in [5, 5.41) is 0. The number of hydrogen-bond acceptors (Lipinski definition) is 2. The standard InChI is InChI=1S/C19H24O2/c20-14-10-11-16-18(12-14)21-17-9-5-4-8-15(17)19(16)13-6-2-1-3-7-13/h10-13,15,17H,1-9H2. The first-order valence-electron chi connectivity index (χ1n) is 8.68. The first-order valence-corrected chi connectivity index (χ1v) is 8.68. The van der Waals surface area contributed by atoms with Gasteiger partial charge in [0, 0.05) is 17.6 Å². The van der Waals surface area contributed by atoms with Crippen molar-refractivity contribution in [3.05, 3.63) is 35.1 Å². The van der Waals surface area contributed by atoms with Crippen molar-refractivity contribution in [3.8, 4) is 0 Å². The molecule has 0 aromatic carbocycles. The van der Waals surface area contributed by atoms with Crippen LogP contribution in [0.4, 0.5) is 0 Å². The molecule has 1 aliphatic heterocycles. The van der Waals surface area contributed by atoms with Crippen LogP contribution >= 0.6 is 0 Å². The normalized spacial score (nSPS) is 33.1. The maximum Gasteiger partial charge on any atom is 0.182 e. The van der Waals surface area contributed by atoms with Gasteiger partial charge in [0.25, 0.3) is 0 Å². The topological polar surface area (TPSA) is 26.3 Å². The SMILES string of the molecule is O=C1C=CC2=C(C3CCCCC3)C3CCCCC3OC2=C1. The molecule has 3 aliphatic carbocycles. The fourth-order valence-electron chi connectivity index (χ4n) is 4.73. The molecule has 21 heavy (non-hydrogen) atoms. The average molecular weight is 284 g/mol. The van der Waals surface area contributed by atoms with E-state index in [0.29, 0.717) is 12.0 Å². The van der Waals surface area contributed by atoms with Gasteiger partial charge in [-0.1, -0.05) is 25.7 Å². The molecule has 0 aromatic rings. The predicted octanol–water partition coefficient (Wildman–Crippen LogP) is 4.48. The number of ketones is 1. The summed E-state index contributed by atoms with van der Waals surface area (Å²) in [5.41, 5.74) is 2.89. The van der Waals surface area contributed by atoms with E-state index in [4.69, 9.17) is 4.74 Å². The summed E-state index contributed by atoms with van der Waals surface area (Å²) in [6, 6.07) is 0. The van der Waals surface area contributed by atoms with Crippen LogP contribution < -0.4 is 0 Å². The minimum atomic E-state index is 0.0750. The van der Waals surface area contributed by atoms with Crippen LogP contribution in [0.5, 0.6) is 0 Å². The minimum Gasteiger partial charge on any atom is -0.489 e. The molecule has 0 spiro atoms. The monoisotopic (exact) mass is 284 g/mol. The molecule has 0 aromatic heterocycles. The second-order valence-corrected chi connectivity index (χ2v) is 7.00. The molecule has 4 rings (SSSR count). The molecule has 112 valence electrons. The summed E-state index contributed by atoms with van der Waals surface area (Å²) < 4.78 is 6.22. The van der Waals surface area contributed by atoms with Crippen LogP contribution in [0, 0.1) is 11.8 Å². The number of hydrogen-bond donors (Lipinski definition) is 0. The Labute approximate surface area is 126 Å². The first-order chi connectivity index (χ1) is 10.3. The van der Waals surface area contributed by atoms with Crippen LogP contribution in [-0.2, 0) is 9.53 Å². The third-order valence-electron chi connectivity index (χ3n) is 5.69. The summed E-state index contributed by atoms with van der Waals surface area (Å²) in [6.45, 7) is 0. The van der Waals surface area contributed by atoms with Crippen molar-refractivity contribution in [3.63, 3.8) is 0 Å². The highest BCUT2D eigenvalue weighted by Crippen LogP contribution is 2.48. The maximum absolute atomic E-state index is 11.7. The molecule has 2 nitrogen and oxygen atoms in total. The smallest absolute Gasteiger partial charge is 0.182 e. The summed E-state index contributed by atoms with van der Waals surface area (Å²) in [7, 11) is 0. The number of carbonyl (C=O) groups excluding carboxylic acids is 1. The van der Waals surface area contributed by atoms with Gasteiger partial charge in [-0.2, -0.15) is 0 Å². The highest BCUT2D eigenvalue weighted by molar-refractivity contribution is 6.02. The van der Waals surface area contributed by atoms with E-state index >= 15 is 0 Å². The van der Waals surface area contributed by atoms with Crippen LogP contribution in [0.3, 0.4) is 0 Å². The lowest BCUT2D eigenvalue weighted by molar-refractivity contribution is -0.110. The van der Waals surface area contributed by atoms with Gasteiger partial charge in [0.05, 0.1) is 0 Å². The fourth-order valence-corrected chi connectivity index (χ4v) is 4.73. The third kappa shape index (κ3) is 2.39. The second-order valence-electron chi connectivity index (χ2n) is 7.00. The van der Waals surface area contributed by atoms with E-state index in [-0.39, 0.29) is 5.78 Å². The Morgan fingerprint density at radius 1 is 0.905 bits per heavy atom.